The van der Waals surface area contributed by atoms with E-state index in [1.165, 1.54) is 32.0 Å². The third-order valence-corrected chi connectivity index (χ3v) is 4.08. The number of hydrogen-bond acceptors (Lipinski definition) is 13. The third kappa shape index (κ3) is 17.7. The van der Waals surface area contributed by atoms with Crippen molar-refractivity contribution in [2.24, 2.45) is 0 Å². The monoisotopic (exact) mass is 638 g/mol. The number of pyridine rings is 2. The Morgan fingerprint density at radius 1 is 0.816 bits per heavy atom. The van der Waals surface area contributed by atoms with Crippen LogP contribution < -0.4 is 123 Å². The van der Waals surface area contributed by atoms with Crippen molar-refractivity contribution in [3.8, 4) is 22.9 Å². The largest absolute Gasteiger partial charge is 1.00 e. The number of halogens is 1. The van der Waals surface area contributed by atoms with Gasteiger partial charge in [-0.05, 0) is 28.1 Å². The maximum absolute atomic E-state index is 8.66. The van der Waals surface area contributed by atoms with Crippen molar-refractivity contribution in [3.63, 3.8) is 0 Å². The Morgan fingerprint density at radius 3 is 1.61 bits per heavy atom. The van der Waals surface area contributed by atoms with Crippen LogP contribution in [0.25, 0.3) is 11.1 Å². The summed E-state index contributed by atoms with van der Waals surface area (Å²) in [5.41, 5.74) is 2.28. The van der Waals surface area contributed by atoms with Crippen molar-refractivity contribution in [1.29, 1.82) is 0 Å². The van der Waals surface area contributed by atoms with Gasteiger partial charge in [-0.2, -0.15) is 0 Å². The molecule has 0 unspecified atom stereocenters. The first-order valence-corrected chi connectivity index (χ1v) is 10.5. The molecule has 0 aliphatic carbocycles. The maximum Gasteiger partial charge on any atom is 1.00 e. The third-order valence-electron chi connectivity index (χ3n) is 3.67. The van der Waals surface area contributed by atoms with Gasteiger partial charge in [0.2, 0.25) is 11.8 Å². The molecule has 4 heterocycles. The standard InChI is InChI=1S/C10H9N3O.C6H8BNO3.C4H3BrN2.CH2O3.2K.H/c1-14-10-3-2-8(6-13-10)9-4-11-7-12-5-9;1-11-6-3-2-5(4-8-6)7(9)10;5-4-1-6-3-7-2-4;2-1-4-3;;;/h2-7H,1H3;2-4,9-10H,1H3;1-3H;1,3H;;;/q;;;;2*+1;-1/p-1. The van der Waals surface area contributed by atoms with Gasteiger partial charge in [0.05, 0.1) is 18.7 Å². The summed E-state index contributed by atoms with van der Waals surface area (Å²) < 4.78 is 10.6. The van der Waals surface area contributed by atoms with Gasteiger partial charge in [-0.15, -0.1) is 0 Å². The number of carbonyl (C=O) groups is 1. The fourth-order valence-electron chi connectivity index (χ4n) is 2.07. The molecule has 0 fully saturated rings. The number of carbonyl (C=O) groups excluding carboxylic acids is 1. The van der Waals surface area contributed by atoms with Gasteiger partial charge in [0.25, 0.3) is 6.47 Å². The zero-order valence-electron chi connectivity index (χ0n) is 22.1. The zero-order chi connectivity index (χ0) is 26.6. The van der Waals surface area contributed by atoms with Gasteiger partial charge in [0.1, 0.15) is 12.7 Å². The summed E-state index contributed by atoms with van der Waals surface area (Å²) in [5, 5.41) is 25.8. The zero-order valence-corrected chi connectivity index (χ0v) is 28.9. The van der Waals surface area contributed by atoms with Crippen LogP contribution in [0.4, 0.5) is 0 Å². The molecule has 4 aromatic heterocycles. The number of aromatic nitrogens is 6. The topological polar surface area (TPSA) is 186 Å². The second-order valence-electron chi connectivity index (χ2n) is 5.97. The normalized spacial score (nSPS) is 8.47. The second kappa shape index (κ2) is 25.2. The van der Waals surface area contributed by atoms with Gasteiger partial charge in [-0.25, -0.2) is 29.9 Å². The summed E-state index contributed by atoms with van der Waals surface area (Å²) >= 11 is 3.19. The minimum Gasteiger partial charge on any atom is -1.00 e. The van der Waals surface area contributed by atoms with Crippen LogP contribution in [0.1, 0.15) is 1.43 Å². The van der Waals surface area contributed by atoms with Gasteiger partial charge in [0, 0.05) is 59.8 Å². The van der Waals surface area contributed by atoms with E-state index >= 15 is 0 Å². The molecule has 0 saturated carbocycles. The Hall–Kier alpha value is -0.772. The van der Waals surface area contributed by atoms with E-state index in [1.54, 1.807) is 44.2 Å². The van der Waals surface area contributed by atoms with E-state index in [2.05, 4.69) is 50.7 Å². The number of hydrogen-bond donors (Lipinski definition) is 2. The second-order valence-corrected chi connectivity index (χ2v) is 6.89. The summed E-state index contributed by atoms with van der Waals surface area (Å²) in [4.78, 5) is 34.4. The molecule has 0 amide bonds. The van der Waals surface area contributed by atoms with Crippen molar-refractivity contribution in [1.82, 2.24) is 29.9 Å². The number of methoxy groups -OCH3 is 2. The molecule has 4 rings (SSSR count). The van der Waals surface area contributed by atoms with Crippen molar-refractivity contribution in [2.75, 3.05) is 14.2 Å². The predicted octanol–water partition coefficient (Wildman–Crippen LogP) is -5.89. The van der Waals surface area contributed by atoms with Crippen LogP contribution in [0, 0.1) is 0 Å². The van der Waals surface area contributed by atoms with Crippen molar-refractivity contribution in [3.05, 3.63) is 78.6 Å². The summed E-state index contributed by atoms with van der Waals surface area (Å²) in [5.74, 6) is 1.06. The molecular formula is C21H22BBrK2N6O7. The fraction of sp³-hybridized carbons (Fsp3) is 0.0952. The maximum atomic E-state index is 8.66. The van der Waals surface area contributed by atoms with Crippen LogP contribution in [0.15, 0.2) is 78.6 Å². The SMILES string of the molecule is Brc1cncnc1.COc1ccc(-c2cncnc2)cn1.COc1ccc(B(O)O)cn1.O=CO[O-].[H-].[K+].[K+]. The summed E-state index contributed by atoms with van der Waals surface area (Å²) in [7, 11) is 1.62. The molecular weight excluding hydrogens is 617 g/mol. The molecule has 17 heteroatoms. The summed E-state index contributed by atoms with van der Waals surface area (Å²) in [6.07, 6.45) is 12.9. The molecule has 0 radical (unpaired) electrons. The van der Waals surface area contributed by atoms with Crippen LogP contribution in [0.2, 0.25) is 0 Å². The van der Waals surface area contributed by atoms with E-state index in [0.717, 1.165) is 15.6 Å². The van der Waals surface area contributed by atoms with E-state index in [4.69, 9.17) is 29.6 Å². The number of rotatable bonds is 5. The first-order valence-electron chi connectivity index (χ1n) is 9.69. The van der Waals surface area contributed by atoms with Crippen molar-refractivity contribution in [2.45, 2.75) is 0 Å². The van der Waals surface area contributed by atoms with E-state index in [1.807, 2.05) is 12.1 Å². The van der Waals surface area contributed by atoms with Crippen LogP contribution in [0.3, 0.4) is 0 Å². The quantitative estimate of drug-likeness (QED) is 0.0912. The Morgan fingerprint density at radius 2 is 1.29 bits per heavy atom. The molecule has 38 heavy (non-hydrogen) atoms. The molecule has 0 saturated heterocycles. The van der Waals surface area contributed by atoms with Crippen LogP contribution in [0.5, 0.6) is 11.8 Å². The van der Waals surface area contributed by atoms with Crippen LogP contribution >= 0.6 is 15.9 Å². The number of nitrogens with zero attached hydrogens (tertiary/aromatic N) is 6. The Balaban J connectivity index is -0.000000467. The van der Waals surface area contributed by atoms with Gasteiger partial charge in [-0.1, -0.05) is 6.07 Å². The van der Waals surface area contributed by atoms with Gasteiger partial charge < -0.3 is 31.1 Å². The molecule has 0 atom stereocenters. The van der Waals surface area contributed by atoms with Gasteiger partial charge in [-0.3, -0.25) is 4.79 Å². The number of ether oxygens (including phenoxy) is 2. The van der Waals surface area contributed by atoms with Gasteiger partial charge >= 0.3 is 110 Å². The molecule has 13 nitrogen and oxygen atoms in total. The molecule has 0 bridgehead atoms. The molecule has 0 aliphatic heterocycles. The van der Waals surface area contributed by atoms with E-state index in [0.29, 0.717) is 17.2 Å². The molecule has 4 aromatic rings. The van der Waals surface area contributed by atoms with E-state index < -0.39 is 7.12 Å². The van der Waals surface area contributed by atoms with Crippen molar-refractivity contribution >= 4 is 35.0 Å². The molecule has 0 spiro atoms. The average molecular weight is 639 g/mol. The molecule has 190 valence electrons. The predicted molar refractivity (Wildman–Crippen MR) is 130 cm³/mol. The molecule has 2 N–H and O–H groups in total. The first kappa shape index (κ1) is 39.4. The first-order chi connectivity index (χ1) is 17.4. The minimum absolute atomic E-state index is 0. The van der Waals surface area contributed by atoms with Crippen LogP contribution in [-0.4, -0.2) is 67.8 Å². The Bertz CT molecular complexity index is 1120. The summed E-state index contributed by atoms with van der Waals surface area (Å²) in [6, 6.07) is 6.83. The Kier molecular flexibility index (Phi) is 26.1. The van der Waals surface area contributed by atoms with E-state index in [-0.39, 0.29) is 111 Å². The smallest absolute Gasteiger partial charge is 1.00 e. The molecule has 0 aliphatic rings. The average Bonchev–Trinajstić information content (AvgIpc) is 2.95. The van der Waals surface area contributed by atoms with E-state index in [9.17, 15) is 0 Å². The van der Waals surface area contributed by atoms with Crippen molar-refractivity contribution < 1.29 is 139 Å². The Labute approximate surface area is 314 Å². The summed E-state index contributed by atoms with van der Waals surface area (Å²) in [6.45, 7) is -0.181. The fourth-order valence-corrected chi connectivity index (χ4v) is 2.30. The molecule has 0 aromatic carbocycles. The van der Waals surface area contributed by atoms with Crippen LogP contribution in [-0.2, 0) is 9.68 Å². The minimum atomic E-state index is -1.46. The van der Waals surface area contributed by atoms with Gasteiger partial charge in [0.15, 0.2) is 0 Å².